The molecule has 1 saturated heterocycles. The SMILES string of the molecule is Clc1cccc(-c2cn(C3CNC3)nn2)c1Cl. The molecular formula is C11H10Cl2N4. The van der Waals surface area contributed by atoms with Crippen LogP contribution in [0, 0.1) is 0 Å². The largest absolute Gasteiger partial charge is 0.312 e. The molecule has 1 N–H and O–H groups in total. The first kappa shape index (κ1) is 11.0. The van der Waals surface area contributed by atoms with Gasteiger partial charge >= 0.3 is 0 Å². The average molecular weight is 269 g/mol. The Kier molecular flexibility index (Phi) is 2.78. The second kappa shape index (κ2) is 4.29. The summed E-state index contributed by atoms with van der Waals surface area (Å²) in [6.45, 7) is 1.87. The summed E-state index contributed by atoms with van der Waals surface area (Å²) in [6, 6.07) is 5.90. The highest BCUT2D eigenvalue weighted by Crippen LogP contribution is 2.32. The smallest absolute Gasteiger partial charge is 0.114 e. The van der Waals surface area contributed by atoms with Gasteiger partial charge in [-0.05, 0) is 6.07 Å². The molecule has 0 aliphatic carbocycles. The van der Waals surface area contributed by atoms with E-state index in [1.54, 1.807) is 6.07 Å². The van der Waals surface area contributed by atoms with E-state index in [1.165, 1.54) is 0 Å². The Morgan fingerprint density at radius 2 is 2.12 bits per heavy atom. The van der Waals surface area contributed by atoms with E-state index in [0.29, 0.717) is 16.1 Å². The molecule has 0 unspecified atom stereocenters. The molecular weight excluding hydrogens is 259 g/mol. The van der Waals surface area contributed by atoms with E-state index in [0.717, 1.165) is 24.3 Å². The maximum atomic E-state index is 6.14. The third kappa shape index (κ3) is 1.92. The number of nitrogens with zero attached hydrogens (tertiary/aromatic N) is 3. The van der Waals surface area contributed by atoms with Crippen LogP contribution in [0.5, 0.6) is 0 Å². The lowest BCUT2D eigenvalue weighted by Gasteiger charge is -2.26. The topological polar surface area (TPSA) is 42.7 Å². The lowest BCUT2D eigenvalue weighted by atomic mass is 10.1. The van der Waals surface area contributed by atoms with Crippen LogP contribution in [0.2, 0.25) is 10.0 Å². The van der Waals surface area contributed by atoms with Gasteiger partial charge in [0.2, 0.25) is 0 Å². The van der Waals surface area contributed by atoms with Crippen molar-refractivity contribution in [2.45, 2.75) is 6.04 Å². The zero-order chi connectivity index (χ0) is 11.8. The molecule has 17 heavy (non-hydrogen) atoms. The van der Waals surface area contributed by atoms with E-state index in [1.807, 2.05) is 23.0 Å². The molecule has 6 heteroatoms. The zero-order valence-corrected chi connectivity index (χ0v) is 10.4. The monoisotopic (exact) mass is 268 g/mol. The number of hydrogen-bond donors (Lipinski definition) is 1. The molecule has 1 aromatic carbocycles. The summed E-state index contributed by atoms with van der Waals surface area (Å²) >= 11 is 12.1. The summed E-state index contributed by atoms with van der Waals surface area (Å²) in [5, 5.41) is 12.5. The minimum atomic E-state index is 0.397. The van der Waals surface area contributed by atoms with Gasteiger partial charge in [0.05, 0.1) is 22.3 Å². The quantitative estimate of drug-likeness (QED) is 0.910. The van der Waals surface area contributed by atoms with Crippen molar-refractivity contribution in [3.63, 3.8) is 0 Å². The van der Waals surface area contributed by atoms with Gasteiger partial charge in [0, 0.05) is 18.7 Å². The zero-order valence-electron chi connectivity index (χ0n) is 8.90. The highest BCUT2D eigenvalue weighted by Gasteiger charge is 2.20. The van der Waals surface area contributed by atoms with Crippen molar-refractivity contribution in [2.24, 2.45) is 0 Å². The van der Waals surface area contributed by atoms with Crippen LogP contribution in [0.1, 0.15) is 6.04 Å². The van der Waals surface area contributed by atoms with E-state index >= 15 is 0 Å². The van der Waals surface area contributed by atoms with Gasteiger partial charge < -0.3 is 5.32 Å². The van der Waals surface area contributed by atoms with Gasteiger partial charge in [-0.25, -0.2) is 4.68 Å². The first-order valence-corrected chi connectivity index (χ1v) is 6.08. The molecule has 1 aliphatic rings. The maximum Gasteiger partial charge on any atom is 0.114 e. The van der Waals surface area contributed by atoms with Crippen molar-refractivity contribution in [3.8, 4) is 11.3 Å². The molecule has 1 aliphatic heterocycles. The Bertz CT molecular complexity index is 548. The lowest BCUT2D eigenvalue weighted by molar-refractivity contribution is 0.313. The fourth-order valence-electron chi connectivity index (χ4n) is 1.74. The Balaban J connectivity index is 1.97. The maximum absolute atomic E-state index is 6.14. The average Bonchev–Trinajstić information content (AvgIpc) is 2.68. The van der Waals surface area contributed by atoms with Crippen molar-refractivity contribution in [3.05, 3.63) is 34.4 Å². The van der Waals surface area contributed by atoms with Crippen molar-refractivity contribution in [1.29, 1.82) is 0 Å². The van der Waals surface area contributed by atoms with E-state index in [-0.39, 0.29) is 0 Å². The van der Waals surface area contributed by atoms with Gasteiger partial charge in [-0.15, -0.1) is 5.10 Å². The van der Waals surface area contributed by atoms with Crippen LogP contribution >= 0.6 is 23.2 Å². The first-order chi connectivity index (χ1) is 8.25. The van der Waals surface area contributed by atoms with Crippen LogP contribution in [0.25, 0.3) is 11.3 Å². The van der Waals surface area contributed by atoms with E-state index < -0.39 is 0 Å². The number of halogens is 2. The molecule has 2 heterocycles. The van der Waals surface area contributed by atoms with Gasteiger partial charge in [-0.3, -0.25) is 0 Å². The van der Waals surface area contributed by atoms with Gasteiger partial charge in [0.25, 0.3) is 0 Å². The molecule has 0 atom stereocenters. The van der Waals surface area contributed by atoms with E-state index in [2.05, 4.69) is 15.6 Å². The summed E-state index contributed by atoms with van der Waals surface area (Å²) < 4.78 is 1.86. The third-order valence-electron chi connectivity index (χ3n) is 2.87. The predicted molar refractivity (Wildman–Crippen MR) is 67.4 cm³/mol. The molecule has 88 valence electrons. The Morgan fingerprint density at radius 3 is 2.82 bits per heavy atom. The number of rotatable bonds is 2. The molecule has 2 aromatic rings. The molecule has 4 nitrogen and oxygen atoms in total. The van der Waals surface area contributed by atoms with Gasteiger partial charge in [0.1, 0.15) is 5.69 Å². The molecule has 0 bridgehead atoms. The molecule has 0 amide bonds. The van der Waals surface area contributed by atoms with E-state index in [9.17, 15) is 0 Å². The Hall–Kier alpha value is -1.10. The third-order valence-corrected chi connectivity index (χ3v) is 3.69. The minimum absolute atomic E-state index is 0.397. The van der Waals surface area contributed by atoms with Crippen molar-refractivity contribution < 1.29 is 0 Å². The van der Waals surface area contributed by atoms with Gasteiger partial charge in [-0.1, -0.05) is 40.5 Å². The van der Waals surface area contributed by atoms with Crippen LogP contribution in [0.4, 0.5) is 0 Å². The van der Waals surface area contributed by atoms with Crippen LogP contribution in [0.3, 0.4) is 0 Å². The fraction of sp³-hybridized carbons (Fsp3) is 0.273. The summed E-state index contributed by atoms with van der Waals surface area (Å²) in [6.07, 6.45) is 1.91. The number of benzene rings is 1. The lowest BCUT2D eigenvalue weighted by Crippen LogP contribution is -2.43. The Labute approximate surface area is 109 Å². The first-order valence-electron chi connectivity index (χ1n) is 5.32. The number of hydrogen-bond acceptors (Lipinski definition) is 3. The molecule has 0 radical (unpaired) electrons. The summed E-state index contributed by atoms with van der Waals surface area (Å²) in [5.41, 5.74) is 1.57. The highest BCUT2D eigenvalue weighted by molar-refractivity contribution is 6.43. The van der Waals surface area contributed by atoms with Crippen LogP contribution in [-0.2, 0) is 0 Å². The molecule has 0 saturated carbocycles. The number of nitrogens with one attached hydrogen (secondary N) is 1. The number of aromatic nitrogens is 3. The fourth-order valence-corrected chi connectivity index (χ4v) is 2.14. The van der Waals surface area contributed by atoms with Crippen LogP contribution < -0.4 is 5.32 Å². The van der Waals surface area contributed by atoms with Crippen LogP contribution in [-0.4, -0.2) is 28.1 Å². The molecule has 0 spiro atoms. The summed E-state index contributed by atoms with van der Waals surface area (Å²) in [4.78, 5) is 0. The highest BCUT2D eigenvalue weighted by atomic mass is 35.5. The molecule has 1 fully saturated rings. The second-order valence-electron chi connectivity index (χ2n) is 4.00. The molecule has 3 rings (SSSR count). The van der Waals surface area contributed by atoms with Gasteiger partial charge in [-0.2, -0.15) is 0 Å². The minimum Gasteiger partial charge on any atom is -0.312 e. The van der Waals surface area contributed by atoms with Crippen molar-refractivity contribution in [2.75, 3.05) is 13.1 Å². The van der Waals surface area contributed by atoms with Crippen molar-refractivity contribution >= 4 is 23.2 Å². The summed E-state index contributed by atoms with van der Waals surface area (Å²) in [5.74, 6) is 0. The van der Waals surface area contributed by atoms with E-state index in [4.69, 9.17) is 23.2 Å². The van der Waals surface area contributed by atoms with Crippen molar-refractivity contribution in [1.82, 2.24) is 20.3 Å². The normalized spacial score (nSPS) is 15.9. The second-order valence-corrected chi connectivity index (χ2v) is 4.78. The Morgan fingerprint density at radius 1 is 1.29 bits per heavy atom. The van der Waals surface area contributed by atoms with Crippen LogP contribution in [0.15, 0.2) is 24.4 Å². The molecule has 1 aromatic heterocycles. The van der Waals surface area contributed by atoms with Gasteiger partial charge in [0.15, 0.2) is 0 Å². The standard InChI is InChI=1S/C11H10Cl2N4/c12-9-3-1-2-8(11(9)13)10-6-17(16-15-10)7-4-14-5-7/h1-3,6-7,14H,4-5H2. The predicted octanol–water partition coefficient (Wildman–Crippen LogP) is 2.40. The summed E-state index contributed by atoms with van der Waals surface area (Å²) in [7, 11) is 0.